The summed E-state index contributed by atoms with van der Waals surface area (Å²) in [6, 6.07) is 12.8. The first kappa shape index (κ1) is 14.9. The van der Waals surface area contributed by atoms with Crippen LogP contribution in [0.15, 0.2) is 36.4 Å². The normalized spacial score (nSPS) is 26.2. The molecule has 1 unspecified atom stereocenters. The van der Waals surface area contributed by atoms with Crippen LogP contribution in [-0.4, -0.2) is 36.5 Å². The molecule has 0 saturated carbocycles. The topological polar surface area (TPSA) is 32.3 Å². The van der Waals surface area contributed by atoms with Gasteiger partial charge in [-0.25, -0.2) is 0 Å². The number of piperidine rings is 3. The highest BCUT2D eigenvalue weighted by atomic mass is 32.1. The van der Waals surface area contributed by atoms with Crippen LogP contribution in [0.25, 0.3) is 10.4 Å². The van der Waals surface area contributed by atoms with E-state index >= 15 is 0 Å². The average molecular weight is 326 g/mol. The minimum atomic E-state index is 0.0904. The van der Waals surface area contributed by atoms with Gasteiger partial charge >= 0.3 is 0 Å². The molecule has 0 radical (unpaired) electrons. The minimum absolute atomic E-state index is 0.0904. The standard InChI is InChI=1S/C19H22N2OS/c1-13-3-2-4-15(11-13)17-5-6-18(23-17)19(22)20-16-12-21-9-7-14(16)8-10-21/h2-6,11,14,16H,7-10,12H2,1H3,(H,20,22). The van der Waals surface area contributed by atoms with E-state index in [0.29, 0.717) is 12.0 Å². The lowest BCUT2D eigenvalue weighted by molar-refractivity contribution is 0.0622. The van der Waals surface area contributed by atoms with Crippen molar-refractivity contribution in [2.45, 2.75) is 25.8 Å². The monoisotopic (exact) mass is 326 g/mol. The summed E-state index contributed by atoms with van der Waals surface area (Å²) in [6.07, 6.45) is 2.45. The van der Waals surface area contributed by atoms with E-state index in [2.05, 4.69) is 47.5 Å². The lowest BCUT2D eigenvalue weighted by Gasteiger charge is -2.44. The Morgan fingerprint density at radius 3 is 2.74 bits per heavy atom. The second kappa shape index (κ2) is 6.10. The summed E-state index contributed by atoms with van der Waals surface area (Å²) < 4.78 is 0. The maximum absolute atomic E-state index is 12.6. The second-order valence-corrected chi connectivity index (χ2v) is 7.84. The quantitative estimate of drug-likeness (QED) is 0.935. The fraction of sp³-hybridized carbons (Fsp3) is 0.421. The van der Waals surface area contributed by atoms with Gasteiger partial charge < -0.3 is 10.2 Å². The van der Waals surface area contributed by atoms with Gasteiger partial charge in [0.1, 0.15) is 0 Å². The predicted octanol–water partition coefficient (Wildman–Crippen LogP) is 3.55. The number of carbonyl (C=O) groups excluding carboxylic acids is 1. The van der Waals surface area contributed by atoms with E-state index in [0.717, 1.165) is 16.3 Å². The predicted molar refractivity (Wildman–Crippen MR) is 94.9 cm³/mol. The summed E-state index contributed by atoms with van der Waals surface area (Å²) in [6.45, 7) is 5.52. The highest BCUT2D eigenvalue weighted by Crippen LogP contribution is 2.30. The van der Waals surface area contributed by atoms with Crippen molar-refractivity contribution in [2.24, 2.45) is 5.92 Å². The van der Waals surface area contributed by atoms with Gasteiger partial charge in [0.05, 0.1) is 4.88 Å². The first-order chi connectivity index (χ1) is 11.2. The molecule has 3 saturated heterocycles. The molecular weight excluding hydrogens is 304 g/mol. The van der Waals surface area contributed by atoms with Gasteiger partial charge in [0.25, 0.3) is 5.91 Å². The van der Waals surface area contributed by atoms with Gasteiger partial charge in [-0.1, -0.05) is 29.8 Å². The first-order valence-corrected chi connectivity index (χ1v) is 9.21. The third kappa shape index (κ3) is 3.06. The molecule has 120 valence electrons. The fourth-order valence-corrected chi connectivity index (χ4v) is 4.69. The van der Waals surface area contributed by atoms with Crippen LogP contribution in [-0.2, 0) is 0 Å². The summed E-state index contributed by atoms with van der Waals surface area (Å²) in [5.74, 6) is 0.757. The number of aryl methyl sites for hydroxylation is 1. The zero-order valence-corrected chi connectivity index (χ0v) is 14.2. The van der Waals surface area contributed by atoms with E-state index < -0.39 is 0 Å². The minimum Gasteiger partial charge on any atom is -0.347 e. The molecule has 1 N–H and O–H groups in total. The van der Waals surface area contributed by atoms with Crippen LogP contribution in [0.1, 0.15) is 28.1 Å². The largest absolute Gasteiger partial charge is 0.347 e. The Labute approximate surface area is 141 Å². The number of thiophene rings is 1. The smallest absolute Gasteiger partial charge is 0.261 e. The summed E-state index contributed by atoms with van der Waals surface area (Å²) in [5, 5.41) is 3.27. The maximum atomic E-state index is 12.6. The molecule has 3 aliphatic rings. The molecule has 1 aromatic heterocycles. The average Bonchev–Trinajstić information content (AvgIpc) is 3.06. The summed E-state index contributed by atoms with van der Waals surface area (Å²) >= 11 is 1.59. The number of hydrogen-bond acceptors (Lipinski definition) is 3. The van der Waals surface area contributed by atoms with Crippen LogP contribution in [0.2, 0.25) is 0 Å². The van der Waals surface area contributed by atoms with E-state index in [1.165, 1.54) is 37.1 Å². The van der Waals surface area contributed by atoms with Crippen molar-refractivity contribution in [3.63, 3.8) is 0 Å². The molecule has 23 heavy (non-hydrogen) atoms. The molecule has 1 atom stereocenters. The van der Waals surface area contributed by atoms with Gasteiger partial charge in [0.15, 0.2) is 0 Å². The van der Waals surface area contributed by atoms with E-state index in [9.17, 15) is 4.79 Å². The molecule has 1 amide bonds. The third-order valence-electron chi connectivity index (χ3n) is 5.11. The molecule has 0 aliphatic carbocycles. The number of hydrogen-bond donors (Lipinski definition) is 1. The Morgan fingerprint density at radius 1 is 1.22 bits per heavy atom. The van der Waals surface area contributed by atoms with Crippen LogP contribution in [0.5, 0.6) is 0 Å². The molecule has 4 heteroatoms. The summed E-state index contributed by atoms with van der Waals surface area (Å²) in [4.78, 5) is 17.0. The number of rotatable bonds is 3. The number of nitrogens with one attached hydrogen (secondary N) is 1. The fourth-order valence-electron chi connectivity index (χ4n) is 3.78. The van der Waals surface area contributed by atoms with E-state index in [4.69, 9.17) is 0 Å². The molecule has 2 bridgehead atoms. The number of amides is 1. The van der Waals surface area contributed by atoms with Crippen LogP contribution < -0.4 is 5.32 Å². The third-order valence-corrected chi connectivity index (χ3v) is 6.24. The van der Waals surface area contributed by atoms with Gasteiger partial charge in [-0.3, -0.25) is 4.79 Å². The van der Waals surface area contributed by atoms with Crippen molar-refractivity contribution in [3.05, 3.63) is 46.8 Å². The molecular formula is C19H22N2OS. The zero-order chi connectivity index (χ0) is 15.8. The maximum Gasteiger partial charge on any atom is 0.261 e. The molecule has 5 rings (SSSR count). The number of fused-ring (bicyclic) bond motifs is 3. The van der Waals surface area contributed by atoms with E-state index in [1.54, 1.807) is 11.3 Å². The van der Waals surface area contributed by atoms with Crippen LogP contribution in [0, 0.1) is 12.8 Å². The number of benzene rings is 1. The van der Waals surface area contributed by atoms with Gasteiger partial charge in [0, 0.05) is 17.5 Å². The second-order valence-electron chi connectivity index (χ2n) is 6.75. The van der Waals surface area contributed by atoms with Crippen molar-refractivity contribution < 1.29 is 4.79 Å². The number of nitrogens with zero attached hydrogens (tertiary/aromatic N) is 1. The Bertz CT molecular complexity index is 716. The van der Waals surface area contributed by atoms with Crippen LogP contribution in [0.4, 0.5) is 0 Å². The molecule has 2 aromatic rings. The van der Waals surface area contributed by atoms with Gasteiger partial charge in [-0.2, -0.15) is 0 Å². The molecule has 3 aliphatic heterocycles. The molecule has 0 spiro atoms. The Morgan fingerprint density at radius 2 is 2.04 bits per heavy atom. The Balaban J connectivity index is 1.47. The molecule has 3 fully saturated rings. The van der Waals surface area contributed by atoms with Gasteiger partial charge in [-0.15, -0.1) is 11.3 Å². The van der Waals surface area contributed by atoms with Crippen molar-refractivity contribution in [1.29, 1.82) is 0 Å². The lowest BCUT2D eigenvalue weighted by atomic mass is 9.84. The van der Waals surface area contributed by atoms with Crippen molar-refractivity contribution in [1.82, 2.24) is 10.2 Å². The van der Waals surface area contributed by atoms with Crippen molar-refractivity contribution >= 4 is 17.2 Å². The van der Waals surface area contributed by atoms with Gasteiger partial charge in [-0.05, 0) is 56.5 Å². The Hall–Kier alpha value is -1.65. The van der Waals surface area contributed by atoms with Crippen molar-refractivity contribution in [3.8, 4) is 10.4 Å². The highest BCUT2D eigenvalue weighted by Gasteiger charge is 2.35. The molecule has 3 nitrogen and oxygen atoms in total. The lowest BCUT2D eigenvalue weighted by Crippen LogP contribution is -2.57. The van der Waals surface area contributed by atoms with Crippen molar-refractivity contribution in [2.75, 3.05) is 19.6 Å². The van der Waals surface area contributed by atoms with Gasteiger partial charge in [0.2, 0.25) is 0 Å². The highest BCUT2D eigenvalue weighted by molar-refractivity contribution is 7.17. The van der Waals surface area contributed by atoms with E-state index in [1.807, 2.05) is 6.07 Å². The first-order valence-electron chi connectivity index (χ1n) is 8.39. The van der Waals surface area contributed by atoms with Crippen LogP contribution >= 0.6 is 11.3 Å². The Kier molecular flexibility index (Phi) is 3.95. The zero-order valence-electron chi connectivity index (χ0n) is 13.4. The molecule has 4 heterocycles. The summed E-state index contributed by atoms with van der Waals surface area (Å²) in [5.41, 5.74) is 2.44. The number of carbonyl (C=O) groups is 1. The van der Waals surface area contributed by atoms with Crippen LogP contribution in [0.3, 0.4) is 0 Å². The SMILES string of the molecule is Cc1cccc(-c2ccc(C(=O)NC3CN4CCC3CC4)s2)c1. The summed E-state index contributed by atoms with van der Waals surface area (Å²) in [7, 11) is 0. The molecule has 1 aromatic carbocycles. The van der Waals surface area contributed by atoms with E-state index in [-0.39, 0.29) is 5.91 Å².